The monoisotopic (exact) mass is 594 g/mol. The molecule has 2 N–H and O–H groups in total. The highest BCUT2D eigenvalue weighted by Crippen LogP contribution is 2.14. The second-order valence-corrected chi connectivity index (χ2v) is 12.2. The van der Waals surface area contributed by atoms with Crippen molar-refractivity contribution in [2.24, 2.45) is 12.1 Å². The third-order valence-electron chi connectivity index (χ3n) is 7.04. The van der Waals surface area contributed by atoms with Gasteiger partial charge in [0.15, 0.2) is 12.4 Å². The molecule has 1 heterocycles. The van der Waals surface area contributed by atoms with Crippen LogP contribution < -0.4 is 9.99 Å². The predicted octanol–water partition coefficient (Wildman–Crippen LogP) is 7.37. The van der Waals surface area contributed by atoms with Crippen LogP contribution in [0.2, 0.25) is 0 Å². The van der Waals surface area contributed by atoms with Gasteiger partial charge in [-0.15, -0.1) is 0 Å². The summed E-state index contributed by atoms with van der Waals surface area (Å²) in [5.74, 6) is -0.201. The summed E-state index contributed by atoms with van der Waals surface area (Å²) < 4.78 is 31.4. The van der Waals surface area contributed by atoms with Gasteiger partial charge in [0.1, 0.15) is 12.6 Å². The lowest BCUT2D eigenvalue weighted by Crippen LogP contribution is -2.30. The number of pyridine rings is 1. The fourth-order valence-corrected chi connectivity index (χ4v) is 4.91. The molecule has 0 unspecified atom stereocenters. The topological polar surface area (TPSA) is 99.7 Å². The first-order valence-electron chi connectivity index (χ1n) is 15.0. The summed E-state index contributed by atoms with van der Waals surface area (Å²) in [6.45, 7) is 6.03. The van der Waals surface area contributed by atoms with E-state index in [0.29, 0.717) is 5.56 Å². The molecule has 0 fully saturated rings. The zero-order chi connectivity index (χ0) is 30.8. The average molecular weight is 595 g/mol. The van der Waals surface area contributed by atoms with Crippen molar-refractivity contribution in [1.29, 1.82) is 0 Å². The van der Waals surface area contributed by atoms with E-state index in [1.54, 1.807) is 24.4 Å². The zero-order valence-electron chi connectivity index (χ0n) is 25.7. The minimum atomic E-state index is -4.02. The molecule has 0 spiro atoms. The van der Waals surface area contributed by atoms with Gasteiger partial charge in [0.25, 0.3) is 16.0 Å². The molecule has 0 saturated heterocycles. The highest BCUT2D eigenvalue weighted by atomic mass is 32.2. The van der Waals surface area contributed by atoms with Crippen LogP contribution in [-0.2, 0) is 23.6 Å². The van der Waals surface area contributed by atoms with Crippen LogP contribution in [0.3, 0.4) is 0 Å². The molecule has 0 aliphatic rings. The third kappa shape index (κ3) is 14.0. The fraction of sp³-hybridized carbons (Fsp3) is 0.441. The SMILES string of the molecule is CCCCCCCCCCCCc1ccc(/C(C)=N/NC(=O)c2ccc[n+](C)c2)cc1.Cc1ccc(S(=O)(=O)O)cc1. The van der Waals surface area contributed by atoms with E-state index < -0.39 is 10.1 Å². The van der Waals surface area contributed by atoms with Crippen LogP contribution in [0.4, 0.5) is 0 Å². The van der Waals surface area contributed by atoms with Gasteiger partial charge in [-0.2, -0.15) is 13.5 Å². The molecule has 1 amide bonds. The summed E-state index contributed by atoms with van der Waals surface area (Å²) in [6.07, 6.45) is 18.5. The molecule has 0 radical (unpaired) electrons. The van der Waals surface area contributed by atoms with Crippen molar-refractivity contribution in [3.63, 3.8) is 0 Å². The number of hydrazone groups is 1. The minimum Gasteiger partial charge on any atom is -0.282 e. The molecule has 0 saturated carbocycles. The summed E-state index contributed by atoms with van der Waals surface area (Å²) in [4.78, 5) is 12.2. The van der Waals surface area contributed by atoms with Crippen LogP contribution in [0.5, 0.6) is 0 Å². The first-order chi connectivity index (χ1) is 20.1. The molecule has 42 heavy (non-hydrogen) atoms. The van der Waals surface area contributed by atoms with Gasteiger partial charge < -0.3 is 0 Å². The largest absolute Gasteiger partial charge is 0.294 e. The average Bonchev–Trinajstić information content (AvgIpc) is 2.97. The van der Waals surface area contributed by atoms with E-state index in [4.69, 9.17) is 4.55 Å². The van der Waals surface area contributed by atoms with Crippen LogP contribution in [0.25, 0.3) is 0 Å². The molecule has 0 atom stereocenters. The highest BCUT2D eigenvalue weighted by Gasteiger charge is 2.09. The lowest BCUT2D eigenvalue weighted by Gasteiger charge is -2.06. The van der Waals surface area contributed by atoms with Crippen LogP contribution in [0, 0.1) is 6.92 Å². The number of carbonyl (C=O) groups is 1. The number of amides is 1. The molecule has 2 aromatic carbocycles. The Morgan fingerprint density at radius 1 is 0.833 bits per heavy atom. The summed E-state index contributed by atoms with van der Waals surface area (Å²) in [7, 11) is -2.13. The summed E-state index contributed by atoms with van der Waals surface area (Å²) in [5.41, 5.74) is 7.40. The molecular weight excluding hydrogens is 546 g/mol. The van der Waals surface area contributed by atoms with Gasteiger partial charge in [-0.1, -0.05) is 107 Å². The number of aryl methyl sites for hydroxylation is 3. The number of nitrogens with one attached hydrogen (secondary N) is 1. The van der Waals surface area contributed by atoms with E-state index in [1.165, 1.54) is 81.9 Å². The zero-order valence-corrected chi connectivity index (χ0v) is 26.5. The van der Waals surface area contributed by atoms with Gasteiger partial charge in [0.2, 0.25) is 0 Å². The number of benzene rings is 2. The molecular formula is C34H48N3O4S+. The number of carbonyl (C=O) groups excluding carboxylic acids is 1. The van der Waals surface area contributed by atoms with Gasteiger partial charge in [0, 0.05) is 6.07 Å². The van der Waals surface area contributed by atoms with E-state index in [-0.39, 0.29) is 10.8 Å². The maximum absolute atomic E-state index is 12.2. The minimum absolute atomic E-state index is 0.0666. The number of unbranched alkanes of at least 4 members (excludes halogenated alkanes) is 9. The Labute approximate surface area is 252 Å². The Bertz CT molecular complexity index is 1350. The second kappa shape index (κ2) is 18.9. The van der Waals surface area contributed by atoms with Crippen molar-refractivity contribution < 1.29 is 22.3 Å². The number of aromatic nitrogens is 1. The van der Waals surface area contributed by atoms with E-state index in [9.17, 15) is 13.2 Å². The third-order valence-corrected chi connectivity index (χ3v) is 7.90. The van der Waals surface area contributed by atoms with E-state index in [1.807, 2.05) is 37.7 Å². The smallest absolute Gasteiger partial charge is 0.282 e. The summed E-state index contributed by atoms with van der Waals surface area (Å²) in [5, 5.41) is 4.27. The van der Waals surface area contributed by atoms with Crippen molar-refractivity contribution in [3.05, 3.63) is 95.3 Å². The Balaban J connectivity index is 0.000000468. The van der Waals surface area contributed by atoms with E-state index in [2.05, 4.69) is 41.7 Å². The van der Waals surface area contributed by atoms with Crippen molar-refractivity contribution >= 4 is 21.7 Å². The number of hydrogen-bond donors (Lipinski definition) is 2. The van der Waals surface area contributed by atoms with Crippen molar-refractivity contribution in [3.8, 4) is 0 Å². The Morgan fingerprint density at radius 2 is 1.40 bits per heavy atom. The quantitative estimate of drug-likeness (QED) is 0.0631. The first kappa shape index (κ1) is 34.8. The molecule has 0 aliphatic heterocycles. The predicted molar refractivity (Wildman–Crippen MR) is 170 cm³/mol. The lowest BCUT2D eigenvalue weighted by atomic mass is 10.0. The molecule has 3 rings (SSSR count). The van der Waals surface area contributed by atoms with Crippen LogP contribution in [0.15, 0.2) is 83.1 Å². The Morgan fingerprint density at radius 3 is 1.95 bits per heavy atom. The van der Waals surface area contributed by atoms with Crippen molar-refractivity contribution in [2.45, 2.75) is 96.3 Å². The normalized spacial score (nSPS) is 11.5. The van der Waals surface area contributed by atoms with Gasteiger partial charge in [0.05, 0.1) is 10.6 Å². The molecule has 228 valence electrons. The first-order valence-corrected chi connectivity index (χ1v) is 16.5. The Hall–Kier alpha value is -3.36. The molecule has 8 heteroatoms. The lowest BCUT2D eigenvalue weighted by molar-refractivity contribution is -0.671. The van der Waals surface area contributed by atoms with Gasteiger partial charge in [-0.25, -0.2) is 9.99 Å². The summed E-state index contributed by atoms with van der Waals surface area (Å²) in [6, 6.07) is 18.2. The number of nitrogens with zero attached hydrogens (tertiary/aromatic N) is 2. The van der Waals surface area contributed by atoms with Gasteiger partial charge in [-0.3, -0.25) is 9.35 Å². The van der Waals surface area contributed by atoms with Crippen LogP contribution in [-0.4, -0.2) is 24.6 Å². The second-order valence-electron chi connectivity index (χ2n) is 10.8. The molecule has 0 bridgehead atoms. The van der Waals surface area contributed by atoms with Crippen LogP contribution in [0.1, 0.15) is 105 Å². The summed E-state index contributed by atoms with van der Waals surface area (Å²) >= 11 is 0. The van der Waals surface area contributed by atoms with Gasteiger partial charge >= 0.3 is 0 Å². The molecule has 7 nitrogen and oxygen atoms in total. The van der Waals surface area contributed by atoms with Crippen molar-refractivity contribution in [2.75, 3.05) is 0 Å². The standard InChI is InChI=1S/C27H39N3O.C7H8O3S/c1-4-5-6-7-8-9-10-11-12-13-15-24-17-19-25(20-18-24)23(2)28-29-27(31)26-16-14-21-30(3)22-26;1-6-2-4-7(5-3-6)11(8,9)10/h14,16-22H,4-13,15H2,1-3H3;2-5H,1H3,(H,8,9,10)/p+1/b28-23+;. The number of hydrogen-bond acceptors (Lipinski definition) is 4. The van der Waals surface area contributed by atoms with Crippen molar-refractivity contribution in [1.82, 2.24) is 5.43 Å². The molecule has 0 aliphatic carbocycles. The Kier molecular flexibility index (Phi) is 15.7. The molecule has 1 aromatic heterocycles. The number of rotatable bonds is 15. The molecule has 3 aromatic rings. The van der Waals surface area contributed by atoms with Gasteiger partial charge in [-0.05, 0) is 56.0 Å². The van der Waals surface area contributed by atoms with E-state index in [0.717, 1.165) is 23.3 Å². The highest BCUT2D eigenvalue weighted by molar-refractivity contribution is 7.85. The fourth-order valence-electron chi connectivity index (χ4n) is 4.43. The maximum atomic E-state index is 12.2. The maximum Gasteiger partial charge on any atom is 0.294 e. The van der Waals surface area contributed by atoms with Crippen LogP contribution >= 0.6 is 0 Å². The van der Waals surface area contributed by atoms with E-state index >= 15 is 0 Å².